The van der Waals surface area contributed by atoms with E-state index in [1.54, 1.807) is 0 Å². The van der Waals surface area contributed by atoms with Crippen molar-refractivity contribution < 1.29 is 4.79 Å². The molecule has 0 amide bonds. The molecule has 3 rings (SSSR count). The molecule has 0 saturated heterocycles. The number of carbonyl (C=O) groups is 1. The summed E-state index contributed by atoms with van der Waals surface area (Å²) in [4.78, 5) is 16.7. The van der Waals surface area contributed by atoms with E-state index in [1.807, 2.05) is 66.1 Å². The number of imidazole rings is 1. The molecule has 94 valence electrons. The van der Waals surface area contributed by atoms with E-state index >= 15 is 0 Å². The summed E-state index contributed by atoms with van der Waals surface area (Å²) in [5, 5.41) is 0. The van der Waals surface area contributed by atoms with Gasteiger partial charge in [-0.3, -0.25) is 4.79 Å². The van der Waals surface area contributed by atoms with E-state index in [4.69, 9.17) is 0 Å². The average Bonchev–Trinajstić information content (AvgIpc) is 2.76. The largest absolute Gasteiger partial charge is 0.303 e. The average molecular weight is 250 g/mol. The molecule has 0 aliphatic carbocycles. The van der Waals surface area contributed by atoms with E-state index < -0.39 is 0 Å². The molecule has 0 aliphatic heterocycles. The van der Waals surface area contributed by atoms with Crippen molar-refractivity contribution in [3.63, 3.8) is 0 Å². The zero-order valence-electron chi connectivity index (χ0n) is 10.7. The van der Waals surface area contributed by atoms with Gasteiger partial charge in [0.05, 0.1) is 17.8 Å². The normalized spacial score (nSPS) is 10.8. The summed E-state index contributed by atoms with van der Waals surface area (Å²) in [6, 6.07) is 15.2. The first-order valence-electron chi connectivity index (χ1n) is 6.26. The predicted octanol–water partition coefficient (Wildman–Crippen LogP) is 3.07. The van der Waals surface area contributed by atoms with Crippen molar-refractivity contribution in [2.24, 2.45) is 0 Å². The number of aryl methyl sites for hydroxylation is 1. The third kappa shape index (κ3) is 2.15. The number of rotatable bonds is 3. The molecule has 2 aromatic heterocycles. The second kappa shape index (κ2) is 4.69. The summed E-state index contributed by atoms with van der Waals surface area (Å²) >= 11 is 0. The predicted molar refractivity (Wildman–Crippen MR) is 74.4 cm³/mol. The van der Waals surface area contributed by atoms with Crippen molar-refractivity contribution >= 4 is 11.4 Å². The second-order valence-electron chi connectivity index (χ2n) is 4.54. The number of nitrogens with zero attached hydrogens (tertiary/aromatic N) is 2. The second-order valence-corrected chi connectivity index (χ2v) is 4.54. The summed E-state index contributed by atoms with van der Waals surface area (Å²) < 4.78 is 1.98. The molecule has 1 aromatic carbocycles. The first kappa shape index (κ1) is 11.7. The van der Waals surface area contributed by atoms with Gasteiger partial charge in [-0.2, -0.15) is 0 Å². The number of aromatic nitrogens is 2. The lowest BCUT2D eigenvalue weighted by Gasteiger charge is -2.03. The van der Waals surface area contributed by atoms with Crippen molar-refractivity contribution in [3.05, 3.63) is 71.7 Å². The van der Waals surface area contributed by atoms with Gasteiger partial charge in [-0.05, 0) is 19.1 Å². The third-order valence-corrected chi connectivity index (χ3v) is 3.25. The minimum atomic E-state index is 0.120. The highest BCUT2D eigenvalue weighted by atomic mass is 16.1. The van der Waals surface area contributed by atoms with Crippen LogP contribution in [0.2, 0.25) is 0 Å². The molecule has 0 aliphatic rings. The van der Waals surface area contributed by atoms with Crippen LogP contribution >= 0.6 is 0 Å². The van der Waals surface area contributed by atoms with Gasteiger partial charge in [-0.1, -0.05) is 36.4 Å². The van der Waals surface area contributed by atoms with Gasteiger partial charge in [-0.25, -0.2) is 4.98 Å². The fourth-order valence-electron chi connectivity index (χ4n) is 2.26. The van der Waals surface area contributed by atoms with E-state index in [0.717, 1.165) is 22.6 Å². The number of pyridine rings is 1. The lowest BCUT2D eigenvalue weighted by molar-refractivity contribution is 0.0991. The van der Waals surface area contributed by atoms with Gasteiger partial charge in [0.25, 0.3) is 0 Å². The number of hydrogen-bond donors (Lipinski definition) is 0. The van der Waals surface area contributed by atoms with Crippen molar-refractivity contribution in [2.45, 2.75) is 13.3 Å². The Morgan fingerprint density at radius 3 is 2.63 bits per heavy atom. The Bertz CT molecular complexity index is 729. The van der Waals surface area contributed by atoms with E-state index in [1.165, 1.54) is 0 Å². The van der Waals surface area contributed by atoms with Gasteiger partial charge in [-0.15, -0.1) is 0 Å². The van der Waals surface area contributed by atoms with Crippen LogP contribution in [0.5, 0.6) is 0 Å². The number of ketones is 1. The van der Waals surface area contributed by atoms with Gasteiger partial charge in [0, 0.05) is 11.8 Å². The highest BCUT2D eigenvalue weighted by Gasteiger charge is 2.13. The molecule has 3 aromatic rings. The summed E-state index contributed by atoms with van der Waals surface area (Å²) in [6.45, 7) is 1.95. The molecule has 0 saturated carbocycles. The molecule has 3 nitrogen and oxygen atoms in total. The van der Waals surface area contributed by atoms with Crippen LogP contribution < -0.4 is 0 Å². The smallest absolute Gasteiger partial charge is 0.168 e. The molecule has 0 radical (unpaired) electrons. The van der Waals surface area contributed by atoms with Gasteiger partial charge in [0.1, 0.15) is 5.65 Å². The maximum atomic E-state index is 12.3. The van der Waals surface area contributed by atoms with Crippen LogP contribution in [0, 0.1) is 6.92 Å². The minimum Gasteiger partial charge on any atom is -0.303 e. The zero-order chi connectivity index (χ0) is 13.2. The van der Waals surface area contributed by atoms with E-state index in [2.05, 4.69) is 4.98 Å². The Balaban J connectivity index is 1.98. The lowest BCUT2D eigenvalue weighted by Crippen LogP contribution is -2.06. The van der Waals surface area contributed by atoms with Crippen molar-refractivity contribution in [1.29, 1.82) is 0 Å². The number of fused-ring (bicyclic) bond motifs is 1. The van der Waals surface area contributed by atoms with E-state index in [-0.39, 0.29) is 5.78 Å². The van der Waals surface area contributed by atoms with Crippen LogP contribution in [0.25, 0.3) is 5.65 Å². The summed E-state index contributed by atoms with van der Waals surface area (Å²) in [7, 11) is 0. The molecule has 3 heteroatoms. The summed E-state index contributed by atoms with van der Waals surface area (Å²) in [5.74, 6) is 0.120. The monoisotopic (exact) mass is 250 g/mol. The minimum absolute atomic E-state index is 0.120. The molecule has 0 N–H and O–H groups in total. The molecular weight excluding hydrogens is 236 g/mol. The number of carbonyl (C=O) groups excluding carboxylic acids is 1. The maximum Gasteiger partial charge on any atom is 0.168 e. The number of Topliss-reactive ketones (excluding diaryl/α,β-unsaturated/α-hetero) is 1. The van der Waals surface area contributed by atoms with Crippen LogP contribution in [0.3, 0.4) is 0 Å². The SMILES string of the molecule is Cc1nc2ccccn2c1CC(=O)c1ccccc1. The molecular formula is C16H14N2O. The molecule has 0 spiro atoms. The maximum absolute atomic E-state index is 12.3. The number of benzene rings is 1. The first-order valence-corrected chi connectivity index (χ1v) is 6.26. The Morgan fingerprint density at radius 2 is 1.84 bits per heavy atom. The molecule has 0 bridgehead atoms. The molecule has 0 atom stereocenters. The standard InChI is InChI=1S/C16H14N2O/c1-12-14(18-10-6-5-9-16(18)17-12)11-15(19)13-7-3-2-4-8-13/h2-10H,11H2,1H3. The fourth-order valence-corrected chi connectivity index (χ4v) is 2.26. The molecule has 0 unspecified atom stereocenters. The van der Waals surface area contributed by atoms with Crippen LogP contribution in [0.4, 0.5) is 0 Å². The van der Waals surface area contributed by atoms with Gasteiger partial charge in [0.15, 0.2) is 5.78 Å². The highest BCUT2D eigenvalue weighted by molar-refractivity contribution is 5.97. The summed E-state index contributed by atoms with van der Waals surface area (Å²) in [5.41, 5.74) is 3.50. The molecule has 0 fully saturated rings. The van der Waals surface area contributed by atoms with E-state index in [9.17, 15) is 4.79 Å². The molecule has 2 heterocycles. The fraction of sp³-hybridized carbons (Fsp3) is 0.125. The van der Waals surface area contributed by atoms with Crippen LogP contribution in [-0.2, 0) is 6.42 Å². The quantitative estimate of drug-likeness (QED) is 0.669. The Hall–Kier alpha value is -2.42. The Labute approximate surface area is 111 Å². The van der Waals surface area contributed by atoms with E-state index in [0.29, 0.717) is 6.42 Å². The zero-order valence-corrected chi connectivity index (χ0v) is 10.7. The Kier molecular flexibility index (Phi) is 2.88. The lowest BCUT2D eigenvalue weighted by atomic mass is 10.1. The molecule has 19 heavy (non-hydrogen) atoms. The van der Waals surface area contributed by atoms with Crippen molar-refractivity contribution in [2.75, 3.05) is 0 Å². The van der Waals surface area contributed by atoms with Crippen molar-refractivity contribution in [1.82, 2.24) is 9.38 Å². The first-order chi connectivity index (χ1) is 9.25. The van der Waals surface area contributed by atoms with Crippen LogP contribution in [-0.4, -0.2) is 15.2 Å². The number of hydrogen-bond acceptors (Lipinski definition) is 2. The van der Waals surface area contributed by atoms with Gasteiger partial charge < -0.3 is 4.40 Å². The van der Waals surface area contributed by atoms with Crippen LogP contribution in [0.15, 0.2) is 54.7 Å². The van der Waals surface area contributed by atoms with Gasteiger partial charge >= 0.3 is 0 Å². The third-order valence-electron chi connectivity index (χ3n) is 3.25. The summed E-state index contributed by atoms with van der Waals surface area (Å²) in [6.07, 6.45) is 2.32. The van der Waals surface area contributed by atoms with Crippen LogP contribution in [0.1, 0.15) is 21.7 Å². The van der Waals surface area contributed by atoms with Crippen molar-refractivity contribution in [3.8, 4) is 0 Å². The highest BCUT2D eigenvalue weighted by Crippen LogP contribution is 2.14. The van der Waals surface area contributed by atoms with Gasteiger partial charge in [0.2, 0.25) is 0 Å². The topological polar surface area (TPSA) is 34.4 Å². The Morgan fingerprint density at radius 1 is 1.11 bits per heavy atom.